The lowest BCUT2D eigenvalue weighted by molar-refractivity contribution is -0.138. The van der Waals surface area contributed by atoms with Gasteiger partial charge in [0.05, 0.1) is 32.8 Å². The van der Waals surface area contributed by atoms with Crippen LogP contribution in [-0.2, 0) is 14.3 Å². The zero-order chi connectivity index (χ0) is 9.23. The van der Waals surface area contributed by atoms with Gasteiger partial charge >= 0.3 is 5.97 Å². The molecule has 0 fully saturated rings. The van der Waals surface area contributed by atoms with Gasteiger partial charge < -0.3 is 14.6 Å². The van der Waals surface area contributed by atoms with Crippen LogP contribution in [0.5, 0.6) is 0 Å². The van der Waals surface area contributed by atoms with Gasteiger partial charge in [0.15, 0.2) is 0 Å². The molecule has 0 aliphatic rings. The van der Waals surface area contributed by atoms with Crippen LogP contribution in [0.25, 0.3) is 0 Å². The lowest BCUT2D eigenvalue weighted by Gasteiger charge is -2.02. The van der Waals surface area contributed by atoms with Gasteiger partial charge in [0.1, 0.15) is 0 Å². The van der Waals surface area contributed by atoms with Crippen LogP contribution in [0.2, 0.25) is 0 Å². The Balaban J connectivity index is 2.86. The highest BCUT2D eigenvalue weighted by molar-refractivity contribution is 6.17. The summed E-state index contributed by atoms with van der Waals surface area (Å²) in [6.07, 6.45) is 0.0372. The van der Waals surface area contributed by atoms with Crippen molar-refractivity contribution < 1.29 is 19.4 Å². The van der Waals surface area contributed by atoms with Crippen molar-refractivity contribution >= 4 is 17.6 Å². The number of alkyl halides is 1. The molecule has 0 aliphatic heterocycles. The molecule has 0 saturated heterocycles. The van der Waals surface area contributed by atoms with Crippen LogP contribution in [0.1, 0.15) is 6.42 Å². The first kappa shape index (κ1) is 11.7. The number of carbonyl (C=O) groups is 1. The molecule has 5 heteroatoms. The summed E-state index contributed by atoms with van der Waals surface area (Å²) < 4.78 is 9.93. The Morgan fingerprint density at radius 2 is 1.75 bits per heavy atom. The van der Waals surface area contributed by atoms with Crippen LogP contribution >= 0.6 is 11.6 Å². The van der Waals surface area contributed by atoms with Gasteiger partial charge in [-0.3, -0.25) is 4.79 Å². The van der Waals surface area contributed by atoms with Crippen LogP contribution in [0, 0.1) is 0 Å². The summed E-state index contributed by atoms with van der Waals surface area (Å²) in [7, 11) is 0. The van der Waals surface area contributed by atoms with Crippen LogP contribution in [0.15, 0.2) is 0 Å². The minimum absolute atomic E-state index is 0.0372. The number of carboxylic acids is 1. The molecule has 0 radical (unpaired) electrons. The molecule has 0 aromatic carbocycles. The molecule has 0 heterocycles. The highest BCUT2D eigenvalue weighted by atomic mass is 35.5. The highest BCUT2D eigenvalue weighted by Crippen LogP contribution is 1.84. The van der Waals surface area contributed by atoms with Crippen molar-refractivity contribution in [1.82, 2.24) is 0 Å². The molecule has 0 saturated carbocycles. The van der Waals surface area contributed by atoms with Gasteiger partial charge in [0.25, 0.3) is 0 Å². The monoisotopic (exact) mass is 196 g/mol. The third kappa shape index (κ3) is 9.68. The molecule has 0 spiro atoms. The lowest BCUT2D eigenvalue weighted by atomic mass is 10.5. The smallest absolute Gasteiger partial charge is 0.305 e. The van der Waals surface area contributed by atoms with E-state index in [4.69, 9.17) is 26.2 Å². The maximum atomic E-state index is 10.0. The van der Waals surface area contributed by atoms with Crippen molar-refractivity contribution in [2.24, 2.45) is 0 Å². The molecule has 0 atom stereocenters. The minimum atomic E-state index is -0.850. The average Bonchev–Trinajstić information content (AvgIpc) is 2.02. The van der Waals surface area contributed by atoms with E-state index >= 15 is 0 Å². The van der Waals surface area contributed by atoms with Crippen molar-refractivity contribution in [1.29, 1.82) is 0 Å². The van der Waals surface area contributed by atoms with Crippen molar-refractivity contribution in [2.45, 2.75) is 6.42 Å². The summed E-state index contributed by atoms with van der Waals surface area (Å²) in [6, 6.07) is 0. The van der Waals surface area contributed by atoms with E-state index in [1.54, 1.807) is 0 Å². The van der Waals surface area contributed by atoms with E-state index in [0.29, 0.717) is 25.7 Å². The number of ether oxygens (including phenoxy) is 2. The molecule has 0 aliphatic carbocycles. The first-order valence-corrected chi connectivity index (χ1v) is 4.24. The van der Waals surface area contributed by atoms with Gasteiger partial charge in [-0.15, -0.1) is 11.6 Å². The van der Waals surface area contributed by atoms with Crippen LogP contribution in [0.4, 0.5) is 0 Å². The standard InChI is InChI=1S/C7H13ClO4/c8-2-4-12-6-5-11-3-1-7(9)10/h1-6H2,(H,9,10). The summed E-state index contributed by atoms with van der Waals surface area (Å²) in [5.74, 6) is -0.383. The third-order valence-corrected chi connectivity index (χ3v) is 1.21. The number of carboxylic acid groups (broad SMARTS) is 1. The molecule has 0 bridgehead atoms. The molecule has 0 unspecified atom stereocenters. The van der Waals surface area contributed by atoms with Crippen molar-refractivity contribution in [3.05, 3.63) is 0 Å². The Bertz CT molecular complexity index is 118. The zero-order valence-corrected chi connectivity index (χ0v) is 7.55. The first-order valence-electron chi connectivity index (χ1n) is 3.70. The normalized spacial score (nSPS) is 10.1. The fourth-order valence-electron chi connectivity index (χ4n) is 0.536. The number of aliphatic carboxylic acids is 1. The molecule has 4 nitrogen and oxygen atoms in total. The molecular formula is C7H13ClO4. The maximum Gasteiger partial charge on any atom is 0.305 e. The summed E-state index contributed by atoms with van der Waals surface area (Å²) in [6.45, 7) is 1.62. The Labute approximate surface area is 76.4 Å². The summed E-state index contributed by atoms with van der Waals surface area (Å²) in [4.78, 5) is 10.0. The van der Waals surface area contributed by atoms with Crippen LogP contribution < -0.4 is 0 Å². The van der Waals surface area contributed by atoms with E-state index < -0.39 is 5.97 Å². The third-order valence-electron chi connectivity index (χ3n) is 1.05. The van der Waals surface area contributed by atoms with Gasteiger partial charge in [0, 0.05) is 5.88 Å². The predicted octanol–water partition coefficient (Wildman–Crippen LogP) is 0.733. The number of rotatable bonds is 8. The van der Waals surface area contributed by atoms with Crippen molar-refractivity contribution in [2.75, 3.05) is 32.3 Å². The van der Waals surface area contributed by atoms with Gasteiger partial charge in [-0.05, 0) is 0 Å². The van der Waals surface area contributed by atoms with Crippen LogP contribution in [0.3, 0.4) is 0 Å². The minimum Gasteiger partial charge on any atom is -0.481 e. The van der Waals surface area contributed by atoms with Gasteiger partial charge in [-0.2, -0.15) is 0 Å². The largest absolute Gasteiger partial charge is 0.481 e. The molecule has 72 valence electrons. The summed E-state index contributed by atoms with van der Waals surface area (Å²) in [5.41, 5.74) is 0. The topological polar surface area (TPSA) is 55.8 Å². The molecule has 12 heavy (non-hydrogen) atoms. The second-order valence-electron chi connectivity index (χ2n) is 2.06. The molecular weight excluding hydrogens is 184 g/mol. The Morgan fingerprint density at radius 3 is 2.25 bits per heavy atom. The second kappa shape index (κ2) is 8.77. The lowest BCUT2D eigenvalue weighted by Crippen LogP contribution is -2.08. The first-order chi connectivity index (χ1) is 5.77. The van der Waals surface area contributed by atoms with E-state index in [9.17, 15) is 4.79 Å². The zero-order valence-electron chi connectivity index (χ0n) is 6.79. The van der Waals surface area contributed by atoms with Crippen molar-refractivity contribution in [3.63, 3.8) is 0 Å². The van der Waals surface area contributed by atoms with Gasteiger partial charge in [-0.1, -0.05) is 0 Å². The van der Waals surface area contributed by atoms with E-state index in [-0.39, 0.29) is 13.0 Å². The average molecular weight is 197 g/mol. The molecule has 0 aromatic heterocycles. The molecule has 0 amide bonds. The Morgan fingerprint density at radius 1 is 1.17 bits per heavy atom. The van der Waals surface area contributed by atoms with Gasteiger partial charge in [0.2, 0.25) is 0 Å². The Kier molecular flexibility index (Phi) is 8.54. The molecule has 0 rings (SSSR count). The number of halogens is 1. The maximum absolute atomic E-state index is 10.0. The highest BCUT2D eigenvalue weighted by Gasteiger charge is 1.95. The van der Waals surface area contributed by atoms with E-state index in [1.165, 1.54) is 0 Å². The van der Waals surface area contributed by atoms with E-state index in [1.807, 2.05) is 0 Å². The molecule has 1 N–H and O–H groups in total. The van der Waals surface area contributed by atoms with Crippen LogP contribution in [-0.4, -0.2) is 43.4 Å². The summed E-state index contributed by atoms with van der Waals surface area (Å²) >= 11 is 5.34. The predicted molar refractivity (Wildman–Crippen MR) is 44.6 cm³/mol. The fourth-order valence-corrected chi connectivity index (χ4v) is 0.645. The number of hydrogen-bond donors (Lipinski definition) is 1. The second-order valence-corrected chi connectivity index (χ2v) is 2.44. The van der Waals surface area contributed by atoms with E-state index in [2.05, 4.69) is 0 Å². The quantitative estimate of drug-likeness (QED) is 0.460. The molecule has 0 aromatic rings. The van der Waals surface area contributed by atoms with E-state index in [0.717, 1.165) is 0 Å². The summed E-state index contributed by atoms with van der Waals surface area (Å²) in [5, 5.41) is 8.23. The van der Waals surface area contributed by atoms with Gasteiger partial charge in [-0.25, -0.2) is 0 Å². The number of hydrogen-bond acceptors (Lipinski definition) is 3. The SMILES string of the molecule is O=C(O)CCOCCOCCCl. The fraction of sp³-hybridized carbons (Fsp3) is 0.857. The Hall–Kier alpha value is -0.320. The van der Waals surface area contributed by atoms with Crippen molar-refractivity contribution in [3.8, 4) is 0 Å².